The highest BCUT2D eigenvalue weighted by atomic mass is 35.5. The van der Waals surface area contributed by atoms with Crippen LogP contribution in [0, 0.1) is 6.92 Å². The Kier molecular flexibility index (Phi) is 5.43. The lowest BCUT2D eigenvalue weighted by atomic mass is 9.97. The molecule has 0 aliphatic heterocycles. The number of aromatic nitrogens is 2. The molecule has 1 aromatic carbocycles. The first-order chi connectivity index (χ1) is 10.1. The van der Waals surface area contributed by atoms with E-state index in [-0.39, 0.29) is 6.04 Å². The van der Waals surface area contributed by atoms with Gasteiger partial charge in [-0.25, -0.2) is 0 Å². The summed E-state index contributed by atoms with van der Waals surface area (Å²) in [6.07, 6.45) is 1.89. The molecule has 0 saturated heterocycles. The van der Waals surface area contributed by atoms with Crippen LogP contribution in [0.5, 0.6) is 0 Å². The standard InChI is InChI=1S/C17H24ClN3/c1-5-14-10-15(21(6-2)20-14)11-17(19-4)16-9-13(18)8-7-12(16)3/h7-10,17,19H,5-6,11H2,1-4H3. The Morgan fingerprint density at radius 3 is 2.67 bits per heavy atom. The molecule has 0 saturated carbocycles. The lowest BCUT2D eigenvalue weighted by molar-refractivity contribution is 0.539. The van der Waals surface area contributed by atoms with Crippen LogP contribution in [0.1, 0.15) is 42.4 Å². The predicted molar refractivity (Wildman–Crippen MR) is 89.0 cm³/mol. The van der Waals surface area contributed by atoms with Crippen LogP contribution in [-0.2, 0) is 19.4 Å². The Bertz CT molecular complexity index is 604. The number of likely N-dealkylation sites (N-methyl/N-ethyl adjacent to an activating group) is 1. The van der Waals surface area contributed by atoms with Crippen LogP contribution in [0.2, 0.25) is 5.02 Å². The SMILES string of the molecule is CCc1cc(CC(NC)c2cc(Cl)ccc2C)n(CC)n1. The molecular weight excluding hydrogens is 282 g/mol. The van der Waals surface area contributed by atoms with Crippen LogP contribution < -0.4 is 5.32 Å². The van der Waals surface area contributed by atoms with Crippen molar-refractivity contribution >= 4 is 11.6 Å². The maximum absolute atomic E-state index is 6.16. The Morgan fingerprint density at radius 1 is 1.29 bits per heavy atom. The van der Waals surface area contributed by atoms with Crippen molar-refractivity contribution in [1.82, 2.24) is 15.1 Å². The van der Waals surface area contributed by atoms with E-state index in [9.17, 15) is 0 Å². The largest absolute Gasteiger partial charge is 0.313 e. The molecule has 1 heterocycles. The number of nitrogens with one attached hydrogen (secondary N) is 1. The van der Waals surface area contributed by atoms with Gasteiger partial charge in [-0.3, -0.25) is 4.68 Å². The highest BCUT2D eigenvalue weighted by Crippen LogP contribution is 2.25. The minimum Gasteiger partial charge on any atom is -0.313 e. The maximum Gasteiger partial charge on any atom is 0.0624 e. The number of hydrogen-bond donors (Lipinski definition) is 1. The van der Waals surface area contributed by atoms with Crippen molar-refractivity contribution in [1.29, 1.82) is 0 Å². The third-order valence-corrected chi connectivity index (χ3v) is 4.19. The molecule has 114 valence electrons. The summed E-state index contributed by atoms with van der Waals surface area (Å²) >= 11 is 6.16. The molecule has 1 aromatic heterocycles. The van der Waals surface area contributed by atoms with Crippen LogP contribution in [-0.4, -0.2) is 16.8 Å². The number of benzene rings is 1. The number of rotatable bonds is 6. The molecule has 0 amide bonds. The second-order valence-electron chi connectivity index (χ2n) is 5.34. The first kappa shape index (κ1) is 16.1. The van der Waals surface area contributed by atoms with Crippen LogP contribution in [0.25, 0.3) is 0 Å². The van der Waals surface area contributed by atoms with E-state index in [1.54, 1.807) is 0 Å². The highest BCUT2D eigenvalue weighted by Gasteiger charge is 2.16. The monoisotopic (exact) mass is 305 g/mol. The first-order valence-electron chi connectivity index (χ1n) is 7.57. The Balaban J connectivity index is 2.30. The van der Waals surface area contributed by atoms with Crippen LogP contribution in [0.15, 0.2) is 24.3 Å². The number of aryl methyl sites for hydroxylation is 3. The lowest BCUT2D eigenvalue weighted by Gasteiger charge is -2.19. The molecule has 1 N–H and O–H groups in total. The Labute approximate surface area is 132 Å². The maximum atomic E-state index is 6.16. The van der Waals surface area contributed by atoms with Crippen molar-refractivity contribution in [2.45, 2.75) is 46.2 Å². The molecule has 0 fully saturated rings. The summed E-state index contributed by atoms with van der Waals surface area (Å²) in [5.74, 6) is 0. The van der Waals surface area contributed by atoms with Gasteiger partial charge in [0.2, 0.25) is 0 Å². The first-order valence-corrected chi connectivity index (χ1v) is 7.95. The molecular formula is C17H24ClN3. The van der Waals surface area contributed by atoms with Crippen molar-refractivity contribution in [3.8, 4) is 0 Å². The minimum atomic E-state index is 0.246. The zero-order valence-electron chi connectivity index (χ0n) is 13.3. The topological polar surface area (TPSA) is 29.9 Å². The molecule has 0 radical (unpaired) electrons. The number of nitrogens with zero attached hydrogens (tertiary/aromatic N) is 2. The summed E-state index contributed by atoms with van der Waals surface area (Å²) < 4.78 is 2.10. The van der Waals surface area contributed by atoms with E-state index >= 15 is 0 Å². The summed E-state index contributed by atoms with van der Waals surface area (Å²) in [6, 6.07) is 8.55. The molecule has 1 unspecified atom stereocenters. The van der Waals surface area contributed by atoms with Crippen LogP contribution in [0.4, 0.5) is 0 Å². The second kappa shape index (κ2) is 7.10. The molecule has 1 atom stereocenters. The molecule has 4 heteroatoms. The van der Waals surface area contributed by atoms with Crippen molar-refractivity contribution in [3.05, 3.63) is 51.8 Å². The zero-order valence-corrected chi connectivity index (χ0v) is 14.0. The van der Waals surface area contributed by atoms with Gasteiger partial charge in [0, 0.05) is 29.7 Å². The fourth-order valence-corrected chi connectivity index (χ4v) is 2.87. The quantitative estimate of drug-likeness (QED) is 0.876. The Morgan fingerprint density at radius 2 is 2.05 bits per heavy atom. The lowest BCUT2D eigenvalue weighted by Crippen LogP contribution is -2.21. The fraction of sp³-hybridized carbons (Fsp3) is 0.471. The molecule has 3 nitrogen and oxygen atoms in total. The molecule has 0 bridgehead atoms. The molecule has 21 heavy (non-hydrogen) atoms. The Hall–Kier alpha value is -1.32. The fourth-order valence-electron chi connectivity index (χ4n) is 2.69. The average Bonchev–Trinajstić information content (AvgIpc) is 2.89. The third-order valence-electron chi connectivity index (χ3n) is 3.95. The van der Waals surface area contributed by atoms with Crippen molar-refractivity contribution in [2.75, 3.05) is 7.05 Å². The van der Waals surface area contributed by atoms with Gasteiger partial charge in [0.15, 0.2) is 0 Å². The van der Waals surface area contributed by atoms with E-state index in [1.807, 2.05) is 13.1 Å². The van der Waals surface area contributed by atoms with E-state index in [2.05, 4.69) is 54.1 Å². The smallest absolute Gasteiger partial charge is 0.0624 e. The molecule has 0 spiro atoms. The van der Waals surface area contributed by atoms with Gasteiger partial charge in [-0.05, 0) is 56.6 Å². The van der Waals surface area contributed by atoms with E-state index < -0.39 is 0 Å². The van der Waals surface area contributed by atoms with Crippen molar-refractivity contribution in [2.24, 2.45) is 0 Å². The molecule has 2 rings (SSSR count). The van der Waals surface area contributed by atoms with Gasteiger partial charge in [0.25, 0.3) is 0 Å². The van der Waals surface area contributed by atoms with Gasteiger partial charge in [0.05, 0.1) is 5.69 Å². The third kappa shape index (κ3) is 3.66. The van der Waals surface area contributed by atoms with Gasteiger partial charge >= 0.3 is 0 Å². The number of hydrogen-bond acceptors (Lipinski definition) is 2. The number of halogens is 1. The minimum absolute atomic E-state index is 0.246. The van der Waals surface area contributed by atoms with Crippen molar-refractivity contribution in [3.63, 3.8) is 0 Å². The van der Waals surface area contributed by atoms with E-state index in [0.717, 1.165) is 30.1 Å². The van der Waals surface area contributed by atoms with Crippen molar-refractivity contribution < 1.29 is 0 Å². The zero-order chi connectivity index (χ0) is 15.4. The van der Waals surface area contributed by atoms with Gasteiger partial charge < -0.3 is 5.32 Å². The summed E-state index contributed by atoms with van der Waals surface area (Å²) in [4.78, 5) is 0. The van der Waals surface area contributed by atoms with E-state index in [0.29, 0.717) is 0 Å². The molecule has 0 aliphatic carbocycles. The average molecular weight is 306 g/mol. The summed E-state index contributed by atoms with van der Waals surface area (Å²) in [7, 11) is 2.00. The highest BCUT2D eigenvalue weighted by molar-refractivity contribution is 6.30. The summed E-state index contributed by atoms with van der Waals surface area (Å²) in [5, 5.41) is 8.83. The summed E-state index contributed by atoms with van der Waals surface area (Å²) in [6.45, 7) is 7.31. The van der Waals surface area contributed by atoms with Crippen LogP contribution in [0.3, 0.4) is 0 Å². The predicted octanol–water partition coefficient (Wildman–Crippen LogP) is 3.93. The van der Waals surface area contributed by atoms with Gasteiger partial charge in [0.1, 0.15) is 0 Å². The molecule has 2 aromatic rings. The summed E-state index contributed by atoms with van der Waals surface area (Å²) in [5.41, 5.74) is 4.95. The van der Waals surface area contributed by atoms with Gasteiger partial charge in [-0.15, -0.1) is 0 Å². The van der Waals surface area contributed by atoms with E-state index in [1.165, 1.54) is 16.8 Å². The second-order valence-corrected chi connectivity index (χ2v) is 5.78. The van der Waals surface area contributed by atoms with Gasteiger partial charge in [-0.2, -0.15) is 5.10 Å². The van der Waals surface area contributed by atoms with Gasteiger partial charge in [-0.1, -0.05) is 24.6 Å². The van der Waals surface area contributed by atoms with Crippen LogP contribution >= 0.6 is 11.6 Å². The normalized spacial score (nSPS) is 12.6. The molecule has 0 aliphatic rings. The van der Waals surface area contributed by atoms with E-state index in [4.69, 9.17) is 11.6 Å².